The van der Waals surface area contributed by atoms with Gasteiger partial charge in [0, 0.05) is 18.3 Å². The molecule has 2 rings (SSSR count). The lowest BCUT2D eigenvalue weighted by atomic mass is 9.99. The number of hydrogen-bond acceptors (Lipinski definition) is 4. The van der Waals surface area contributed by atoms with E-state index in [0.29, 0.717) is 11.3 Å². The molecule has 0 amide bonds. The van der Waals surface area contributed by atoms with Gasteiger partial charge in [-0.1, -0.05) is 29.5 Å². The molecule has 5 nitrogen and oxygen atoms in total. The molecular weight excluding hydrogens is 298 g/mol. The van der Waals surface area contributed by atoms with E-state index in [1.165, 1.54) is 5.57 Å². The summed E-state index contributed by atoms with van der Waals surface area (Å²) in [6.45, 7) is 12.8. The summed E-state index contributed by atoms with van der Waals surface area (Å²) < 4.78 is 0. The van der Waals surface area contributed by atoms with Gasteiger partial charge in [0.25, 0.3) is 0 Å². The molecule has 0 aromatic heterocycles. The van der Waals surface area contributed by atoms with Crippen LogP contribution in [0.4, 0.5) is 5.69 Å². The number of anilines is 1. The summed E-state index contributed by atoms with van der Waals surface area (Å²) in [5.74, 6) is 0. The van der Waals surface area contributed by atoms with Crippen molar-refractivity contribution in [2.24, 2.45) is 10.3 Å². The lowest BCUT2D eigenvalue weighted by molar-refractivity contribution is 0.157. The minimum atomic E-state index is -0.214. The lowest BCUT2D eigenvalue weighted by Crippen LogP contribution is -2.38. The monoisotopic (exact) mass is 323 g/mol. The van der Waals surface area contributed by atoms with Crippen LogP contribution in [0.2, 0.25) is 0 Å². The van der Waals surface area contributed by atoms with E-state index in [4.69, 9.17) is 5.26 Å². The Morgan fingerprint density at radius 1 is 1.46 bits per heavy atom. The fourth-order valence-corrected chi connectivity index (χ4v) is 2.86. The van der Waals surface area contributed by atoms with E-state index in [9.17, 15) is 0 Å². The topological polar surface area (TPSA) is 63.8 Å². The van der Waals surface area contributed by atoms with Gasteiger partial charge in [0.1, 0.15) is 0 Å². The summed E-state index contributed by atoms with van der Waals surface area (Å²) in [6, 6.07) is 9.95. The van der Waals surface area contributed by atoms with Crippen molar-refractivity contribution in [1.29, 1.82) is 5.26 Å². The van der Waals surface area contributed by atoms with Gasteiger partial charge in [-0.2, -0.15) is 5.26 Å². The Balaban J connectivity index is 2.19. The maximum atomic E-state index is 9.05. The molecule has 126 valence electrons. The number of benzene rings is 1. The molecule has 0 saturated carbocycles. The normalized spacial score (nSPS) is 20.2. The predicted octanol–water partition coefficient (Wildman–Crippen LogP) is 4.67. The minimum Gasteiger partial charge on any atom is -0.378 e. The number of hydrogen-bond donors (Lipinski definition) is 1. The second kappa shape index (κ2) is 7.31. The largest absolute Gasteiger partial charge is 0.378 e. The maximum Gasteiger partial charge on any atom is 0.0992 e. The van der Waals surface area contributed by atoms with Crippen LogP contribution in [-0.2, 0) is 0 Å². The van der Waals surface area contributed by atoms with Gasteiger partial charge in [-0.3, -0.25) is 5.01 Å². The van der Waals surface area contributed by atoms with Crippen molar-refractivity contribution < 1.29 is 0 Å². The summed E-state index contributed by atoms with van der Waals surface area (Å²) >= 11 is 0. The van der Waals surface area contributed by atoms with Crippen LogP contribution < -0.4 is 5.32 Å². The first-order valence-electron chi connectivity index (χ1n) is 8.12. The molecule has 1 N–H and O–H groups in total. The van der Waals surface area contributed by atoms with Crippen molar-refractivity contribution in [3.8, 4) is 6.07 Å². The SMILES string of the molecule is C=C(C)/N=N\N1CCC(Nc2cccc(C#N)c2)C(C)=CC1(C)C. The first kappa shape index (κ1) is 17.7. The minimum absolute atomic E-state index is 0.197. The van der Waals surface area contributed by atoms with Gasteiger partial charge in [-0.25, -0.2) is 0 Å². The van der Waals surface area contributed by atoms with Crippen molar-refractivity contribution in [2.75, 3.05) is 11.9 Å². The molecule has 0 fully saturated rings. The highest BCUT2D eigenvalue weighted by Crippen LogP contribution is 2.27. The first-order valence-corrected chi connectivity index (χ1v) is 8.12. The van der Waals surface area contributed by atoms with Crippen molar-refractivity contribution in [3.63, 3.8) is 0 Å². The van der Waals surface area contributed by atoms with Crippen molar-refractivity contribution in [2.45, 2.75) is 45.7 Å². The van der Waals surface area contributed by atoms with Crippen LogP contribution in [0.15, 0.2) is 58.5 Å². The van der Waals surface area contributed by atoms with Crippen LogP contribution in [0, 0.1) is 11.3 Å². The van der Waals surface area contributed by atoms with Gasteiger partial charge < -0.3 is 5.32 Å². The highest BCUT2D eigenvalue weighted by molar-refractivity contribution is 5.51. The van der Waals surface area contributed by atoms with Crippen LogP contribution in [0.25, 0.3) is 0 Å². The summed E-state index contributed by atoms with van der Waals surface area (Å²) in [5.41, 5.74) is 3.36. The Bertz CT molecular complexity index is 709. The summed E-state index contributed by atoms with van der Waals surface area (Å²) in [5, 5.41) is 23.0. The molecule has 1 aromatic rings. The van der Waals surface area contributed by atoms with Gasteiger partial charge in [0.15, 0.2) is 0 Å². The molecule has 24 heavy (non-hydrogen) atoms. The average Bonchev–Trinajstić information content (AvgIpc) is 2.62. The van der Waals surface area contributed by atoms with Gasteiger partial charge in [0.05, 0.1) is 22.9 Å². The van der Waals surface area contributed by atoms with Gasteiger partial charge in [-0.15, -0.1) is 5.11 Å². The summed E-state index contributed by atoms with van der Waals surface area (Å²) in [4.78, 5) is 0. The average molecular weight is 323 g/mol. The van der Waals surface area contributed by atoms with Crippen LogP contribution >= 0.6 is 0 Å². The zero-order chi connectivity index (χ0) is 17.7. The molecule has 0 bridgehead atoms. The number of rotatable bonds is 4. The molecule has 1 aliphatic heterocycles. The molecule has 1 aromatic carbocycles. The second-order valence-corrected chi connectivity index (χ2v) is 6.77. The maximum absolute atomic E-state index is 9.05. The van der Waals surface area contributed by atoms with E-state index in [1.807, 2.05) is 36.2 Å². The second-order valence-electron chi connectivity index (χ2n) is 6.77. The van der Waals surface area contributed by atoms with E-state index in [-0.39, 0.29) is 11.6 Å². The Hall–Kier alpha value is -2.61. The van der Waals surface area contributed by atoms with E-state index < -0.39 is 0 Å². The van der Waals surface area contributed by atoms with E-state index in [0.717, 1.165) is 18.7 Å². The Kier molecular flexibility index (Phi) is 5.40. The zero-order valence-electron chi connectivity index (χ0n) is 14.9. The predicted molar refractivity (Wildman–Crippen MR) is 97.4 cm³/mol. The van der Waals surface area contributed by atoms with Gasteiger partial charge >= 0.3 is 0 Å². The fraction of sp³-hybridized carbons (Fsp3) is 0.421. The Morgan fingerprint density at radius 3 is 2.88 bits per heavy atom. The van der Waals surface area contributed by atoms with Gasteiger partial charge in [-0.05, 0) is 52.3 Å². The van der Waals surface area contributed by atoms with E-state index in [1.54, 1.807) is 0 Å². The molecule has 1 unspecified atom stereocenters. The van der Waals surface area contributed by atoms with Crippen LogP contribution in [0.5, 0.6) is 0 Å². The van der Waals surface area contributed by atoms with Crippen LogP contribution in [-0.4, -0.2) is 23.1 Å². The van der Waals surface area contributed by atoms with Crippen LogP contribution in [0.3, 0.4) is 0 Å². The fourth-order valence-electron chi connectivity index (χ4n) is 2.86. The van der Waals surface area contributed by atoms with Crippen molar-refractivity contribution in [1.82, 2.24) is 5.01 Å². The number of nitrogens with one attached hydrogen (secondary N) is 1. The highest BCUT2D eigenvalue weighted by atomic mass is 15.6. The molecule has 0 radical (unpaired) electrons. The zero-order valence-corrected chi connectivity index (χ0v) is 14.9. The van der Waals surface area contributed by atoms with Crippen molar-refractivity contribution in [3.05, 3.63) is 53.8 Å². The van der Waals surface area contributed by atoms with E-state index in [2.05, 4.69) is 55.1 Å². The molecular formula is C19H25N5. The Morgan fingerprint density at radius 2 is 2.21 bits per heavy atom. The molecule has 1 aliphatic rings. The summed E-state index contributed by atoms with van der Waals surface area (Å²) in [6.07, 6.45) is 3.13. The third-order valence-electron chi connectivity index (χ3n) is 4.08. The number of nitriles is 1. The standard InChI is InChI=1S/C19H25N5/c1-14(2)22-23-24-10-9-18(15(3)12-19(24,4)5)21-17-8-6-7-16(11-17)13-20/h6-8,11-12,18,21H,1,9-10H2,2-5H3/b23-22-. The van der Waals surface area contributed by atoms with E-state index >= 15 is 0 Å². The molecule has 1 heterocycles. The third-order valence-corrected chi connectivity index (χ3v) is 4.08. The molecule has 5 heteroatoms. The molecule has 0 spiro atoms. The first-order chi connectivity index (χ1) is 11.3. The Labute approximate surface area is 144 Å². The quantitative estimate of drug-likeness (QED) is 0.647. The molecule has 0 saturated heterocycles. The van der Waals surface area contributed by atoms with Gasteiger partial charge in [0.2, 0.25) is 0 Å². The lowest BCUT2D eigenvalue weighted by Gasteiger charge is -2.31. The highest BCUT2D eigenvalue weighted by Gasteiger charge is 2.29. The molecule has 0 aliphatic carbocycles. The summed E-state index contributed by atoms with van der Waals surface area (Å²) in [7, 11) is 0. The van der Waals surface area contributed by atoms with Crippen molar-refractivity contribution >= 4 is 5.69 Å². The number of nitrogens with zero attached hydrogens (tertiary/aromatic N) is 4. The third kappa shape index (κ3) is 4.45. The molecule has 1 atom stereocenters. The smallest absolute Gasteiger partial charge is 0.0992 e. The van der Waals surface area contributed by atoms with Crippen LogP contribution in [0.1, 0.15) is 39.7 Å². The number of allylic oxidation sites excluding steroid dienone is 1.